The van der Waals surface area contributed by atoms with Crippen molar-refractivity contribution >= 4 is 38.6 Å². The molecule has 0 spiro atoms. The molecule has 1 heterocycles. The van der Waals surface area contributed by atoms with E-state index in [1.807, 2.05) is 35.8 Å². The fourth-order valence-electron chi connectivity index (χ4n) is 3.20. The molecule has 164 valence electrons. The summed E-state index contributed by atoms with van der Waals surface area (Å²) in [7, 11) is -3.89. The van der Waals surface area contributed by atoms with E-state index in [2.05, 4.69) is 20.3 Å². The molecule has 3 rings (SSSR count). The highest BCUT2D eigenvalue weighted by Crippen LogP contribution is 2.15. The number of benzene rings is 2. The van der Waals surface area contributed by atoms with Crippen molar-refractivity contribution in [2.45, 2.75) is 38.3 Å². The van der Waals surface area contributed by atoms with Gasteiger partial charge in [-0.1, -0.05) is 12.1 Å². The Hall–Kier alpha value is -3.24. The minimum Gasteiger partial charge on any atom is -0.353 e. The summed E-state index contributed by atoms with van der Waals surface area (Å²) < 4.78 is 29.5. The molecule has 0 unspecified atom stereocenters. The van der Waals surface area contributed by atoms with Crippen LogP contribution in [0, 0.1) is 6.92 Å². The normalized spacial score (nSPS) is 12.5. The number of nitrogens with zero attached hydrogens (tertiary/aromatic N) is 2. The third-order valence-corrected chi connectivity index (χ3v) is 6.25. The van der Waals surface area contributed by atoms with E-state index in [1.165, 1.54) is 38.1 Å². The van der Waals surface area contributed by atoms with Crippen LogP contribution >= 0.6 is 0 Å². The highest BCUT2D eigenvalue weighted by atomic mass is 32.2. The van der Waals surface area contributed by atoms with Crippen LogP contribution in [0.3, 0.4) is 0 Å². The zero-order chi connectivity index (χ0) is 22.6. The third kappa shape index (κ3) is 5.47. The molecule has 31 heavy (non-hydrogen) atoms. The van der Waals surface area contributed by atoms with Crippen LogP contribution in [0.2, 0.25) is 0 Å². The lowest BCUT2D eigenvalue weighted by Crippen LogP contribution is -2.45. The summed E-state index contributed by atoms with van der Waals surface area (Å²) in [5.41, 5.74) is 2.35. The third-order valence-electron chi connectivity index (χ3n) is 4.69. The van der Waals surface area contributed by atoms with Gasteiger partial charge in [0.15, 0.2) is 0 Å². The van der Waals surface area contributed by atoms with E-state index in [-0.39, 0.29) is 10.8 Å². The van der Waals surface area contributed by atoms with Gasteiger partial charge in [0, 0.05) is 25.7 Å². The summed E-state index contributed by atoms with van der Waals surface area (Å²) in [6.45, 7) is 5.59. The van der Waals surface area contributed by atoms with E-state index < -0.39 is 22.0 Å². The van der Waals surface area contributed by atoms with Gasteiger partial charge in [0.1, 0.15) is 5.82 Å². The maximum absolute atomic E-state index is 12.5. The maximum atomic E-state index is 12.5. The van der Waals surface area contributed by atoms with Gasteiger partial charge in [-0.05, 0) is 50.2 Å². The van der Waals surface area contributed by atoms with Gasteiger partial charge in [0.05, 0.1) is 22.0 Å². The van der Waals surface area contributed by atoms with Gasteiger partial charge in [-0.3, -0.25) is 9.59 Å². The van der Waals surface area contributed by atoms with Crippen LogP contribution in [0.4, 0.5) is 5.69 Å². The highest BCUT2D eigenvalue weighted by Gasteiger charge is 2.22. The molecule has 0 aliphatic heterocycles. The average Bonchev–Trinajstić information content (AvgIpc) is 3.03. The molecule has 1 atom stereocenters. The highest BCUT2D eigenvalue weighted by molar-refractivity contribution is 7.89. The number of imidazole rings is 1. The van der Waals surface area contributed by atoms with E-state index >= 15 is 0 Å². The number of para-hydroxylation sites is 2. The lowest BCUT2D eigenvalue weighted by Gasteiger charge is -2.15. The fourth-order valence-corrected chi connectivity index (χ4v) is 4.40. The van der Waals surface area contributed by atoms with Gasteiger partial charge < -0.3 is 15.2 Å². The molecule has 10 heteroatoms. The summed E-state index contributed by atoms with van der Waals surface area (Å²) in [6.07, 6.45) is 0. The number of hydrogen-bond donors (Lipinski definition) is 3. The zero-order valence-electron chi connectivity index (χ0n) is 17.5. The summed E-state index contributed by atoms with van der Waals surface area (Å²) >= 11 is 0. The molecule has 0 radical (unpaired) electrons. The molecule has 0 saturated heterocycles. The molecule has 2 amide bonds. The Morgan fingerprint density at radius 3 is 2.45 bits per heavy atom. The van der Waals surface area contributed by atoms with Crippen LogP contribution in [-0.4, -0.2) is 42.4 Å². The van der Waals surface area contributed by atoms with E-state index in [0.29, 0.717) is 18.8 Å². The SMILES string of the molecule is CC(=O)Nc1ccc(S(=O)(=O)N[C@@H](C)C(=O)NCCn2c(C)nc3ccccc32)cc1. The van der Waals surface area contributed by atoms with Crippen molar-refractivity contribution in [1.82, 2.24) is 19.6 Å². The van der Waals surface area contributed by atoms with Gasteiger partial charge in [-0.2, -0.15) is 4.72 Å². The van der Waals surface area contributed by atoms with Crippen LogP contribution in [0.1, 0.15) is 19.7 Å². The van der Waals surface area contributed by atoms with E-state index in [4.69, 9.17) is 0 Å². The summed E-state index contributed by atoms with van der Waals surface area (Å²) in [4.78, 5) is 27.9. The standard InChI is InChI=1S/C21H25N5O4S/c1-14(25-31(29,30)18-10-8-17(9-11-18)24-16(3)27)21(28)22-12-13-26-15(2)23-19-6-4-5-7-20(19)26/h4-11,14,25H,12-13H2,1-3H3,(H,22,28)(H,24,27)/t14-/m0/s1. The molecule has 0 aliphatic carbocycles. The van der Waals surface area contributed by atoms with Crippen molar-refractivity contribution < 1.29 is 18.0 Å². The van der Waals surface area contributed by atoms with Gasteiger partial charge in [-0.15, -0.1) is 0 Å². The lowest BCUT2D eigenvalue weighted by molar-refractivity contribution is -0.122. The van der Waals surface area contributed by atoms with Crippen LogP contribution in [0.5, 0.6) is 0 Å². The quantitative estimate of drug-likeness (QED) is 0.490. The minimum absolute atomic E-state index is 0.00163. The number of fused-ring (bicyclic) bond motifs is 1. The number of carbonyl (C=O) groups excluding carboxylic acids is 2. The first-order valence-corrected chi connectivity index (χ1v) is 11.3. The number of aromatic nitrogens is 2. The summed E-state index contributed by atoms with van der Waals surface area (Å²) in [5.74, 6) is 0.158. The topological polar surface area (TPSA) is 122 Å². The number of nitrogens with one attached hydrogen (secondary N) is 3. The Labute approximate surface area is 180 Å². The number of sulfonamides is 1. The van der Waals surface area contributed by atoms with E-state index in [9.17, 15) is 18.0 Å². The van der Waals surface area contributed by atoms with Crippen LogP contribution in [0.15, 0.2) is 53.4 Å². The molecule has 0 bridgehead atoms. The molecule has 3 aromatic rings. The molecule has 9 nitrogen and oxygen atoms in total. The van der Waals surface area contributed by atoms with E-state index in [1.54, 1.807) is 0 Å². The maximum Gasteiger partial charge on any atom is 0.241 e. The van der Waals surface area contributed by atoms with Crippen molar-refractivity contribution in [2.24, 2.45) is 0 Å². The molecule has 2 aromatic carbocycles. The van der Waals surface area contributed by atoms with Crippen molar-refractivity contribution in [3.05, 3.63) is 54.4 Å². The van der Waals surface area contributed by atoms with Crippen molar-refractivity contribution in [3.63, 3.8) is 0 Å². The molecular formula is C21H25N5O4S. The number of aryl methyl sites for hydroxylation is 1. The van der Waals surface area contributed by atoms with Gasteiger partial charge in [0.2, 0.25) is 21.8 Å². The second kappa shape index (κ2) is 9.27. The predicted octanol–water partition coefficient (Wildman–Crippen LogP) is 1.79. The number of amides is 2. The smallest absolute Gasteiger partial charge is 0.241 e. The molecular weight excluding hydrogens is 418 g/mol. The number of hydrogen-bond acceptors (Lipinski definition) is 5. The fraction of sp³-hybridized carbons (Fsp3) is 0.286. The lowest BCUT2D eigenvalue weighted by atomic mass is 10.3. The Bertz CT molecular complexity index is 1200. The molecule has 0 fully saturated rings. The van der Waals surface area contributed by atoms with Crippen LogP contribution in [-0.2, 0) is 26.2 Å². The summed E-state index contributed by atoms with van der Waals surface area (Å²) in [5, 5.41) is 5.32. The average molecular weight is 444 g/mol. The monoisotopic (exact) mass is 443 g/mol. The van der Waals surface area contributed by atoms with Crippen molar-refractivity contribution in [3.8, 4) is 0 Å². The largest absolute Gasteiger partial charge is 0.353 e. The minimum atomic E-state index is -3.89. The van der Waals surface area contributed by atoms with Gasteiger partial charge in [-0.25, -0.2) is 13.4 Å². The first-order valence-electron chi connectivity index (χ1n) is 9.77. The summed E-state index contributed by atoms with van der Waals surface area (Å²) in [6, 6.07) is 12.5. The second-order valence-electron chi connectivity index (χ2n) is 7.14. The van der Waals surface area contributed by atoms with Crippen LogP contribution in [0.25, 0.3) is 11.0 Å². The first kappa shape index (κ1) is 22.4. The Morgan fingerprint density at radius 2 is 1.77 bits per heavy atom. The molecule has 0 aliphatic rings. The predicted molar refractivity (Wildman–Crippen MR) is 118 cm³/mol. The van der Waals surface area contributed by atoms with E-state index in [0.717, 1.165) is 16.9 Å². The van der Waals surface area contributed by atoms with Gasteiger partial charge >= 0.3 is 0 Å². The van der Waals surface area contributed by atoms with Crippen molar-refractivity contribution in [1.29, 1.82) is 0 Å². The zero-order valence-corrected chi connectivity index (χ0v) is 18.4. The first-order chi connectivity index (χ1) is 14.7. The number of anilines is 1. The van der Waals surface area contributed by atoms with Crippen LogP contribution < -0.4 is 15.4 Å². The second-order valence-corrected chi connectivity index (χ2v) is 8.85. The number of rotatable bonds is 8. The molecule has 3 N–H and O–H groups in total. The number of carbonyl (C=O) groups is 2. The molecule has 1 aromatic heterocycles. The van der Waals surface area contributed by atoms with Crippen molar-refractivity contribution in [2.75, 3.05) is 11.9 Å². The van der Waals surface area contributed by atoms with Gasteiger partial charge in [0.25, 0.3) is 0 Å². The Kier molecular flexibility index (Phi) is 6.71. The molecule has 0 saturated carbocycles. The Morgan fingerprint density at radius 1 is 1.10 bits per heavy atom. The Balaban J connectivity index is 1.57.